The second kappa shape index (κ2) is 6.66. The number of carbonyl (C=O) groups is 1. The minimum Gasteiger partial charge on any atom is -0.496 e. The summed E-state index contributed by atoms with van der Waals surface area (Å²) in [5.74, 6) is 0.536. The van der Waals surface area contributed by atoms with Crippen molar-refractivity contribution in [2.75, 3.05) is 7.11 Å². The van der Waals surface area contributed by atoms with E-state index < -0.39 is 0 Å². The zero-order chi connectivity index (χ0) is 14.5. The number of rotatable bonds is 5. The van der Waals surface area contributed by atoms with Gasteiger partial charge in [-0.1, -0.05) is 18.2 Å². The molecule has 0 saturated carbocycles. The van der Waals surface area contributed by atoms with Crippen molar-refractivity contribution < 1.29 is 13.9 Å². The smallest absolute Gasteiger partial charge is 0.141 e. The maximum atomic E-state index is 12.8. The maximum Gasteiger partial charge on any atom is 0.141 e. The van der Waals surface area contributed by atoms with Crippen LogP contribution in [-0.2, 0) is 17.6 Å². The van der Waals surface area contributed by atoms with E-state index in [4.69, 9.17) is 4.74 Å². The van der Waals surface area contributed by atoms with Gasteiger partial charge in [0.1, 0.15) is 17.3 Å². The number of benzene rings is 2. The van der Waals surface area contributed by atoms with E-state index in [1.165, 1.54) is 12.1 Å². The summed E-state index contributed by atoms with van der Waals surface area (Å²) in [6.07, 6.45) is 0.657. The van der Waals surface area contributed by atoms with Gasteiger partial charge in [0, 0.05) is 12.8 Å². The van der Waals surface area contributed by atoms with Crippen molar-refractivity contribution >= 4 is 21.7 Å². The Bertz CT molecular complexity index is 608. The van der Waals surface area contributed by atoms with Crippen molar-refractivity contribution in [2.24, 2.45) is 0 Å². The Hall–Kier alpha value is -1.68. The molecule has 0 aromatic heterocycles. The summed E-state index contributed by atoms with van der Waals surface area (Å²) < 4.78 is 18.8. The Morgan fingerprint density at radius 2 is 1.70 bits per heavy atom. The standard InChI is InChI=1S/C16H14BrFO2/c1-20-16-7-4-12(10-15(16)17)9-14(19)8-11-2-5-13(18)6-3-11/h2-7,10H,8-9H2,1H3. The molecule has 2 rings (SSSR count). The molecule has 104 valence electrons. The molecule has 2 aromatic rings. The molecule has 2 aromatic carbocycles. The zero-order valence-electron chi connectivity index (χ0n) is 11.0. The Labute approximate surface area is 125 Å². The normalized spacial score (nSPS) is 10.3. The van der Waals surface area contributed by atoms with Crippen LogP contribution in [0.3, 0.4) is 0 Å². The first kappa shape index (κ1) is 14.7. The molecule has 0 saturated heterocycles. The summed E-state index contributed by atoms with van der Waals surface area (Å²) in [5.41, 5.74) is 1.74. The average molecular weight is 337 g/mol. The molecule has 0 aliphatic heterocycles. The fraction of sp³-hybridized carbons (Fsp3) is 0.188. The fourth-order valence-corrected chi connectivity index (χ4v) is 2.53. The van der Waals surface area contributed by atoms with Crippen LogP contribution in [0.15, 0.2) is 46.9 Å². The SMILES string of the molecule is COc1ccc(CC(=O)Cc2ccc(F)cc2)cc1Br. The van der Waals surface area contributed by atoms with Gasteiger partial charge in [-0.15, -0.1) is 0 Å². The molecule has 0 aliphatic carbocycles. The van der Waals surface area contributed by atoms with Gasteiger partial charge in [0.05, 0.1) is 11.6 Å². The number of ketones is 1. The molecule has 0 unspecified atom stereocenters. The van der Waals surface area contributed by atoms with E-state index in [1.807, 2.05) is 18.2 Å². The third kappa shape index (κ3) is 3.90. The lowest BCUT2D eigenvalue weighted by molar-refractivity contribution is -0.117. The number of Topliss-reactive ketones (excluding diaryl/α,β-unsaturated/α-hetero) is 1. The predicted octanol–water partition coefficient (Wildman–Crippen LogP) is 3.95. The highest BCUT2D eigenvalue weighted by molar-refractivity contribution is 9.10. The Kier molecular flexibility index (Phi) is 4.90. The van der Waals surface area contributed by atoms with Crippen LogP contribution in [0.1, 0.15) is 11.1 Å². The molecule has 0 fully saturated rings. The Balaban J connectivity index is 2.01. The third-order valence-corrected chi connectivity index (χ3v) is 3.55. The van der Waals surface area contributed by atoms with Crippen LogP contribution in [-0.4, -0.2) is 12.9 Å². The van der Waals surface area contributed by atoms with Gasteiger partial charge in [0.2, 0.25) is 0 Å². The quantitative estimate of drug-likeness (QED) is 0.826. The number of hydrogen-bond acceptors (Lipinski definition) is 2. The summed E-state index contributed by atoms with van der Waals surface area (Å²) in [4.78, 5) is 12.0. The summed E-state index contributed by atoms with van der Waals surface area (Å²) in [6, 6.07) is 11.6. The first-order valence-electron chi connectivity index (χ1n) is 6.17. The average Bonchev–Trinajstić information content (AvgIpc) is 2.41. The van der Waals surface area contributed by atoms with Gasteiger partial charge in [-0.25, -0.2) is 4.39 Å². The highest BCUT2D eigenvalue weighted by atomic mass is 79.9. The van der Waals surface area contributed by atoms with Gasteiger partial charge in [0.25, 0.3) is 0 Å². The molecular formula is C16H14BrFO2. The highest BCUT2D eigenvalue weighted by Crippen LogP contribution is 2.25. The lowest BCUT2D eigenvalue weighted by atomic mass is 10.0. The van der Waals surface area contributed by atoms with E-state index in [0.29, 0.717) is 12.8 Å². The number of halogens is 2. The van der Waals surface area contributed by atoms with Gasteiger partial charge < -0.3 is 4.74 Å². The highest BCUT2D eigenvalue weighted by Gasteiger charge is 2.08. The summed E-state index contributed by atoms with van der Waals surface area (Å²) in [5, 5.41) is 0. The molecule has 0 amide bonds. The van der Waals surface area contributed by atoms with Crippen molar-refractivity contribution in [2.45, 2.75) is 12.8 Å². The monoisotopic (exact) mass is 336 g/mol. The largest absolute Gasteiger partial charge is 0.496 e. The van der Waals surface area contributed by atoms with Crippen LogP contribution in [0.25, 0.3) is 0 Å². The predicted molar refractivity (Wildman–Crippen MR) is 79.5 cm³/mol. The van der Waals surface area contributed by atoms with E-state index >= 15 is 0 Å². The summed E-state index contributed by atoms with van der Waals surface area (Å²) >= 11 is 3.39. The topological polar surface area (TPSA) is 26.3 Å². The molecule has 0 radical (unpaired) electrons. The number of methoxy groups -OCH3 is 1. The molecule has 0 spiro atoms. The molecule has 0 bridgehead atoms. The molecular weight excluding hydrogens is 323 g/mol. The van der Waals surface area contributed by atoms with Crippen LogP contribution in [0, 0.1) is 5.82 Å². The fourth-order valence-electron chi connectivity index (χ4n) is 1.94. The van der Waals surface area contributed by atoms with Crippen molar-refractivity contribution in [3.63, 3.8) is 0 Å². The molecule has 0 N–H and O–H groups in total. The van der Waals surface area contributed by atoms with Crippen molar-refractivity contribution in [1.29, 1.82) is 0 Å². The second-order valence-electron chi connectivity index (χ2n) is 4.49. The van der Waals surface area contributed by atoms with E-state index in [0.717, 1.165) is 21.3 Å². The van der Waals surface area contributed by atoms with Gasteiger partial charge in [0.15, 0.2) is 0 Å². The molecule has 0 aliphatic rings. The number of hydrogen-bond donors (Lipinski definition) is 0. The molecule has 2 nitrogen and oxygen atoms in total. The molecule has 0 atom stereocenters. The van der Waals surface area contributed by atoms with Crippen LogP contribution < -0.4 is 4.74 Å². The van der Waals surface area contributed by atoms with Crippen molar-refractivity contribution in [3.8, 4) is 5.75 Å². The Morgan fingerprint density at radius 1 is 1.10 bits per heavy atom. The van der Waals surface area contributed by atoms with Crippen molar-refractivity contribution in [3.05, 3.63) is 63.9 Å². The van der Waals surface area contributed by atoms with Crippen LogP contribution >= 0.6 is 15.9 Å². The maximum absolute atomic E-state index is 12.8. The lowest BCUT2D eigenvalue weighted by Gasteiger charge is -2.06. The Morgan fingerprint density at radius 3 is 2.30 bits per heavy atom. The van der Waals surface area contributed by atoms with Crippen LogP contribution in [0.2, 0.25) is 0 Å². The summed E-state index contributed by atoms with van der Waals surface area (Å²) in [6.45, 7) is 0. The number of carbonyl (C=O) groups excluding carboxylic acids is 1. The van der Waals surface area contributed by atoms with Crippen molar-refractivity contribution in [1.82, 2.24) is 0 Å². The zero-order valence-corrected chi connectivity index (χ0v) is 12.6. The van der Waals surface area contributed by atoms with Gasteiger partial charge >= 0.3 is 0 Å². The van der Waals surface area contributed by atoms with Crippen LogP contribution in [0.5, 0.6) is 5.75 Å². The van der Waals surface area contributed by atoms with E-state index in [-0.39, 0.29) is 11.6 Å². The number of ether oxygens (including phenoxy) is 1. The molecule has 20 heavy (non-hydrogen) atoms. The summed E-state index contributed by atoms with van der Waals surface area (Å²) in [7, 11) is 1.60. The van der Waals surface area contributed by atoms with Gasteiger partial charge in [-0.3, -0.25) is 4.79 Å². The van der Waals surface area contributed by atoms with Crippen LogP contribution in [0.4, 0.5) is 4.39 Å². The lowest BCUT2D eigenvalue weighted by Crippen LogP contribution is -2.06. The van der Waals surface area contributed by atoms with E-state index in [9.17, 15) is 9.18 Å². The minimum atomic E-state index is -0.291. The van der Waals surface area contributed by atoms with E-state index in [1.54, 1.807) is 19.2 Å². The molecule has 0 heterocycles. The first-order chi connectivity index (χ1) is 9.58. The second-order valence-corrected chi connectivity index (χ2v) is 5.34. The van der Waals surface area contributed by atoms with E-state index in [2.05, 4.69) is 15.9 Å². The first-order valence-corrected chi connectivity index (χ1v) is 6.96. The van der Waals surface area contributed by atoms with Gasteiger partial charge in [-0.2, -0.15) is 0 Å². The van der Waals surface area contributed by atoms with Gasteiger partial charge in [-0.05, 0) is 51.3 Å². The minimum absolute atomic E-state index is 0.0914. The molecule has 4 heteroatoms. The third-order valence-electron chi connectivity index (χ3n) is 2.93.